The summed E-state index contributed by atoms with van der Waals surface area (Å²) in [5.74, 6) is -0.596. The first-order valence-electron chi connectivity index (χ1n) is 6.32. The van der Waals surface area contributed by atoms with Crippen LogP contribution in [0.2, 0.25) is 0 Å². The van der Waals surface area contributed by atoms with Gasteiger partial charge >= 0.3 is 6.18 Å². The van der Waals surface area contributed by atoms with E-state index in [1.54, 1.807) is 0 Å². The van der Waals surface area contributed by atoms with Crippen LogP contribution >= 0.6 is 0 Å². The molecule has 0 aliphatic rings. The van der Waals surface area contributed by atoms with Crippen LogP contribution in [0.1, 0.15) is 17.4 Å². The SMILES string of the molecule is CN(C[C@H](O)c1ccc(F)cc1)c1nccc(C(F)(F)F)n1. The maximum absolute atomic E-state index is 12.8. The standard InChI is InChI=1S/C14H13F4N3O/c1-21(8-11(22)9-2-4-10(15)5-3-9)13-19-7-6-12(20-13)14(16,17)18/h2-7,11,22H,8H2,1H3/t11-/m0/s1. The summed E-state index contributed by atoms with van der Waals surface area (Å²) in [6.45, 7) is -0.0348. The van der Waals surface area contributed by atoms with E-state index < -0.39 is 23.8 Å². The van der Waals surface area contributed by atoms with Crippen LogP contribution < -0.4 is 4.90 Å². The minimum atomic E-state index is -4.56. The van der Waals surface area contributed by atoms with Gasteiger partial charge < -0.3 is 10.0 Å². The molecule has 2 aromatic rings. The topological polar surface area (TPSA) is 49.2 Å². The highest BCUT2D eigenvalue weighted by Gasteiger charge is 2.33. The lowest BCUT2D eigenvalue weighted by Gasteiger charge is -2.21. The van der Waals surface area contributed by atoms with Gasteiger partial charge in [-0.2, -0.15) is 13.2 Å². The number of anilines is 1. The molecule has 0 unspecified atom stereocenters. The fourth-order valence-electron chi connectivity index (χ4n) is 1.82. The molecule has 0 spiro atoms. The average molecular weight is 315 g/mol. The molecular weight excluding hydrogens is 302 g/mol. The van der Waals surface area contributed by atoms with E-state index in [2.05, 4.69) is 9.97 Å². The van der Waals surface area contributed by atoms with Crippen LogP contribution in [0, 0.1) is 5.82 Å². The van der Waals surface area contributed by atoms with Crippen molar-refractivity contribution in [1.82, 2.24) is 9.97 Å². The Morgan fingerprint density at radius 2 is 1.82 bits per heavy atom. The predicted molar refractivity (Wildman–Crippen MR) is 71.7 cm³/mol. The van der Waals surface area contributed by atoms with E-state index in [0.717, 1.165) is 12.3 Å². The molecule has 0 saturated heterocycles. The number of aliphatic hydroxyl groups excluding tert-OH is 1. The first-order valence-corrected chi connectivity index (χ1v) is 6.32. The van der Waals surface area contributed by atoms with E-state index in [1.807, 2.05) is 0 Å². The van der Waals surface area contributed by atoms with Crippen molar-refractivity contribution in [1.29, 1.82) is 0 Å². The second kappa shape index (κ2) is 6.27. The summed E-state index contributed by atoms with van der Waals surface area (Å²) in [5.41, 5.74) is -0.610. The van der Waals surface area contributed by atoms with Gasteiger partial charge in [-0.15, -0.1) is 0 Å². The Labute approximate surface area is 124 Å². The van der Waals surface area contributed by atoms with Crippen molar-refractivity contribution < 1.29 is 22.7 Å². The summed E-state index contributed by atoms with van der Waals surface area (Å²) in [5, 5.41) is 10.0. The van der Waals surface area contributed by atoms with Gasteiger partial charge in [-0.1, -0.05) is 12.1 Å². The highest BCUT2D eigenvalue weighted by Crippen LogP contribution is 2.28. The molecule has 0 radical (unpaired) electrons. The quantitative estimate of drug-likeness (QED) is 0.882. The van der Waals surface area contributed by atoms with E-state index >= 15 is 0 Å². The van der Waals surface area contributed by atoms with Crippen molar-refractivity contribution in [2.75, 3.05) is 18.5 Å². The van der Waals surface area contributed by atoms with Crippen LogP contribution in [0.15, 0.2) is 36.5 Å². The number of alkyl halides is 3. The minimum absolute atomic E-state index is 0.0348. The zero-order chi connectivity index (χ0) is 16.3. The van der Waals surface area contributed by atoms with Crippen molar-refractivity contribution in [2.45, 2.75) is 12.3 Å². The number of hydrogen-bond donors (Lipinski definition) is 1. The molecule has 0 amide bonds. The van der Waals surface area contributed by atoms with Gasteiger partial charge in [-0.05, 0) is 23.8 Å². The highest BCUT2D eigenvalue weighted by molar-refractivity contribution is 5.31. The maximum atomic E-state index is 12.8. The molecule has 0 bridgehead atoms. The van der Waals surface area contributed by atoms with Gasteiger partial charge in [0.2, 0.25) is 5.95 Å². The lowest BCUT2D eigenvalue weighted by Crippen LogP contribution is -2.26. The van der Waals surface area contributed by atoms with Crippen molar-refractivity contribution in [2.24, 2.45) is 0 Å². The number of aromatic nitrogens is 2. The molecule has 4 nitrogen and oxygen atoms in total. The molecule has 1 atom stereocenters. The molecule has 8 heteroatoms. The first-order chi connectivity index (χ1) is 10.3. The fourth-order valence-corrected chi connectivity index (χ4v) is 1.82. The molecule has 0 saturated carbocycles. The number of likely N-dealkylation sites (N-methyl/N-ethyl adjacent to an activating group) is 1. The Hall–Kier alpha value is -2.22. The Kier molecular flexibility index (Phi) is 4.60. The summed E-state index contributed by atoms with van der Waals surface area (Å²) < 4.78 is 50.6. The van der Waals surface area contributed by atoms with Gasteiger partial charge in [0.25, 0.3) is 0 Å². The van der Waals surface area contributed by atoms with Crippen LogP contribution in [-0.2, 0) is 6.18 Å². The molecule has 0 fully saturated rings. The number of benzene rings is 1. The summed E-state index contributed by atoms with van der Waals surface area (Å²) >= 11 is 0. The summed E-state index contributed by atoms with van der Waals surface area (Å²) in [7, 11) is 1.46. The van der Waals surface area contributed by atoms with Crippen LogP contribution in [0.5, 0.6) is 0 Å². The molecule has 1 aromatic carbocycles. The number of hydrogen-bond acceptors (Lipinski definition) is 4. The molecule has 1 aromatic heterocycles. The zero-order valence-electron chi connectivity index (χ0n) is 11.5. The van der Waals surface area contributed by atoms with Gasteiger partial charge in [-0.25, -0.2) is 14.4 Å². The monoisotopic (exact) mass is 315 g/mol. The largest absolute Gasteiger partial charge is 0.433 e. The third-order valence-electron chi connectivity index (χ3n) is 2.98. The lowest BCUT2D eigenvalue weighted by atomic mass is 10.1. The summed E-state index contributed by atoms with van der Waals surface area (Å²) in [4.78, 5) is 8.48. The maximum Gasteiger partial charge on any atom is 0.433 e. The number of halogens is 4. The second-order valence-corrected chi connectivity index (χ2v) is 4.69. The van der Waals surface area contributed by atoms with Gasteiger partial charge in [0.15, 0.2) is 0 Å². The number of aliphatic hydroxyl groups is 1. The van der Waals surface area contributed by atoms with Crippen LogP contribution in [0.25, 0.3) is 0 Å². The van der Waals surface area contributed by atoms with Crippen LogP contribution in [0.3, 0.4) is 0 Å². The van der Waals surface area contributed by atoms with Crippen molar-refractivity contribution in [3.05, 3.63) is 53.6 Å². The van der Waals surface area contributed by atoms with Gasteiger partial charge in [-0.3, -0.25) is 0 Å². The first kappa shape index (κ1) is 16.2. The third kappa shape index (κ3) is 3.91. The van der Waals surface area contributed by atoms with Crippen LogP contribution in [-0.4, -0.2) is 28.7 Å². The minimum Gasteiger partial charge on any atom is -0.387 e. The number of nitrogens with zero attached hydrogens (tertiary/aromatic N) is 3. The van der Waals surface area contributed by atoms with E-state index in [9.17, 15) is 22.7 Å². The van der Waals surface area contributed by atoms with E-state index in [-0.39, 0.29) is 12.5 Å². The predicted octanol–water partition coefficient (Wildman–Crippen LogP) is 2.80. The average Bonchev–Trinajstić information content (AvgIpc) is 2.47. The Morgan fingerprint density at radius 1 is 1.18 bits per heavy atom. The van der Waals surface area contributed by atoms with Crippen molar-refractivity contribution in [3.63, 3.8) is 0 Å². The lowest BCUT2D eigenvalue weighted by molar-refractivity contribution is -0.141. The van der Waals surface area contributed by atoms with Gasteiger partial charge in [0.1, 0.15) is 11.5 Å². The Bertz CT molecular complexity index is 631. The smallest absolute Gasteiger partial charge is 0.387 e. The molecule has 118 valence electrons. The van der Waals surface area contributed by atoms with E-state index in [0.29, 0.717) is 5.56 Å². The van der Waals surface area contributed by atoms with E-state index in [4.69, 9.17) is 0 Å². The van der Waals surface area contributed by atoms with Crippen molar-refractivity contribution in [3.8, 4) is 0 Å². The third-order valence-corrected chi connectivity index (χ3v) is 2.98. The molecular formula is C14H13F4N3O. The zero-order valence-corrected chi connectivity index (χ0v) is 11.5. The summed E-state index contributed by atoms with van der Waals surface area (Å²) in [6, 6.07) is 5.97. The Balaban J connectivity index is 2.11. The van der Waals surface area contributed by atoms with Crippen molar-refractivity contribution >= 4 is 5.95 Å². The molecule has 1 N–H and O–H groups in total. The van der Waals surface area contributed by atoms with Crippen LogP contribution in [0.4, 0.5) is 23.5 Å². The second-order valence-electron chi connectivity index (χ2n) is 4.69. The molecule has 1 heterocycles. The van der Waals surface area contributed by atoms with Gasteiger partial charge in [0.05, 0.1) is 12.6 Å². The summed E-state index contributed by atoms with van der Waals surface area (Å²) in [6.07, 6.45) is -4.57. The normalized spacial score (nSPS) is 13.0. The molecule has 2 rings (SSSR count). The highest BCUT2D eigenvalue weighted by atomic mass is 19.4. The number of rotatable bonds is 4. The fraction of sp³-hybridized carbons (Fsp3) is 0.286. The van der Waals surface area contributed by atoms with Gasteiger partial charge in [0, 0.05) is 13.2 Å². The molecule has 0 aliphatic carbocycles. The molecule has 0 aliphatic heterocycles. The Morgan fingerprint density at radius 3 is 2.41 bits per heavy atom. The van der Waals surface area contributed by atoms with E-state index in [1.165, 1.54) is 36.2 Å². The molecule has 22 heavy (non-hydrogen) atoms.